The van der Waals surface area contributed by atoms with Gasteiger partial charge < -0.3 is 15.5 Å². The molecule has 2 aromatic rings. The van der Waals surface area contributed by atoms with Gasteiger partial charge >= 0.3 is 0 Å². The number of benzene rings is 1. The molecule has 0 radical (unpaired) electrons. The highest BCUT2D eigenvalue weighted by Crippen LogP contribution is 2.26. The third kappa shape index (κ3) is 3.92. The van der Waals surface area contributed by atoms with Crippen LogP contribution in [-0.2, 0) is 11.2 Å². The molecule has 2 rings (SSSR count). The number of hydrogen-bond acceptors (Lipinski definition) is 4. The zero-order valence-corrected chi connectivity index (χ0v) is 11.8. The minimum atomic E-state index is -0.533. The highest BCUT2D eigenvalue weighted by molar-refractivity contribution is 5.76. The molecule has 6 nitrogen and oxygen atoms in total. The van der Waals surface area contributed by atoms with Crippen LogP contribution in [0, 0.1) is 0 Å². The third-order valence-corrected chi connectivity index (χ3v) is 2.75. The molecular weight excluding hydrogens is 270 g/mol. The van der Waals surface area contributed by atoms with Crippen LogP contribution < -0.4 is 16.0 Å². The number of primary amides is 1. The SMILES string of the molecule is CCCOc1ccccc1-c1nc(CC(N)=O)cc(=O)[nH]1. The molecule has 0 bridgehead atoms. The summed E-state index contributed by atoms with van der Waals surface area (Å²) in [4.78, 5) is 29.6. The van der Waals surface area contributed by atoms with E-state index in [0.29, 0.717) is 29.4 Å². The molecule has 0 aliphatic rings. The van der Waals surface area contributed by atoms with E-state index in [-0.39, 0.29) is 12.0 Å². The number of nitrogens with two attached hydrogens (primary N) is 1. The Morgan fingerprint density at radius 2 is 2.14 bits per heavy atom. The number of nitrogens with zero attached hydrogens (tertiary/aromatic N) is 1. The largest absolute Gasteiger partial charge is 0.493 e. The fourth-order valence-electron chi connectivity index (χ4n) is 1.90. The number of amides is 1. The normalized spacial score (nSPS) is 10.3. The molecule has 0 atom stereocenters. The predicted octanol–water partition coefficient (Wildman–Crippen LogP) is 1.25. The molecule has 0 saturated heterocycles. The van der Waals surface area contributed by atoms with Gasteiger partial charge in [0.25, 0.3) is 5.56 Å². The number of H-pyrrole nitrogens is 1. The fraction of sp³-hybridized carbons (Fsp3) is 0.267. The summed E-state index contributed by atoms with van der Waals surface area (Å²) >= 11 is 0. The topological polar surface area (TPSA) is 98.1 Å². The van der Waals surface area contributed by atoms with Crippen molar-refractivity contribution in [2.45, 2.75) is 19.8 Å². The summed E-state index contributed by atoms with van der Waals surface area (Å²) < 4.78 is 5.65. The number of carbonyl (C=O) groups excluding carboxylic acids is 1. The number of ether oxygens (including phenoxy) is 1. The minimum absolute atomic E-state index is 0.0745. The Balaban J connectivity index is 2.44. The van der Waals surface area contributed by atoms with Crippen molar-refractivity contribution in [3.63, 3.8) is 0 Å². The van der Waals surface area contributed by atoms with Crippen molar-refractivity contribution in [3.8, 4) is 17.1 Å². The summed E-state index contributed by atoms with van der Waals surface area (Å²) in [6.07, 6.45) is 0.800. The number of rotatable bonds is 6. The van der Waals surface area contributed by atoms with Crippen LogP contribution >= 0.6 is 0 Å². The molecule has 6 heteroatoms. The van der Waals surface area contributed by atoms with E-state index in [4.69, 9.17) is 10.5 Å². The molecule has 1 aromatic carbocycles. The Morgan fingerprint density at radius 1 is 1.38 bits per heavy atom. The first-order valence-electron chi connectivity index (χ1n) is 6.71. The van der Waals surface area contributed by atoms with E-state index in [1.54, 1.807) is 6.07 Å². The lowest BCUT2D eigenvalue weighted by atomic mass is 10.1. The number of carbonyl (C=O) groups is 1. The number of nitrogens with one attached hydrogen (secondary N) is 1. The van der Waals surface area contributed by atoms with Crippen LogP contribution in [0.3, 0.4) is 0 Å². The first-order chi connectivity index (χ1) is 10.1. The summed E-state index contributed by atoms with van der Waals surface area (Å²) in [5, 5.41) is 0. The Kier molecular flexibility index (Phi) is 4.71. The van der Waals surface area contributed by atoms with Gasteiger partial charge in [-0.25, -0.2) is 4.98 Å². The van der Waals surface area contributed by atoms with Gasteiger partial charge in [-0.3, -0.25) is 9.59 Å². The molecule has 1 amide bonds. The molecule has 0 saturated carbocycles. The van der Waals surface area contributed by atoms with E-state index in [1.165, 1.54) is 6.07 Å². The maximum atomic E-state index is 11.7. The summed E-state index contributed by atoms with van der Waals surface area (Å²) in [6.45, 7) is 2.58. The Morgan fingerprint density at radius 3 is 2.86 bits per heavy atom. The number of para-hydroxylation sites is 1. The smallest absolute Gasteiger partial charge is 0.251 e. The second-order valence-corrected chi connectivity index (χ2v) is 4.57. The van der Waals surface area contributed by atoms with Crippen molar-refractivity contribution in [1.82, 2.24) is 9.97 Å². The zero-order valence-electron chi connectivity index (χ0n) is 11.8. The quantitative estimate of drug-likeness (QED) is 0.835. The van der Waals surface area contributed by atoms with Crippen molar-refractivity contribution in [2.24, 2.45) is 5.73 Å². The lowest BCUT2D eigenvalue weighted by Crippen LogP contribution is -2.18. The first-order valence-corrected chi connectivity index (χ1v) is 6.71. The van der Waals surface area contributed by atoms with E-state index in [1.807, 2.05) is 25.1 Å². The molecular formula is C15H17N3O3. The van der Waals surface area contributed by atoms with Gasteiger partial charge in [-0.2, -0.15) is 0 Å². The average Bonchev–Trinajstić information content (AvgIpc) is 2.44. The van der Waals surface area contributed by atoms with Crippen LogP contribution in [0.25, 0.3) is 11.4 Å². The standard InChI is InChI=1S/C15H17N3O3/c1-2-7-21-12-6-4-3-5-11(12)15-17-10(8-13(16)19)9-14(20)18-15/h3-6,9H,2,7-8H2,1H3,(H2,16,19)(H,17,18,20). The first kappa shape index (κ1) is 14.8. The highest BCUT2D eigenvalue weighted by atomic mass is 16.5. The van der Waals surface area contributed by atoms with Crippen LogP contribution in [0.1, 0.15) is 19.0 Å². The molecule has 0 aliphatic heterocycles. The summed E-state index contributed by atoms with van der Waals surface area (Å²) in [5.74, 6) is 0.471. The number of hydrogen-bond donors (Lipinski definition) is 2. The molecule has 0 unspecified atom stereocenters. The number of aromatic nitrogens is 2. The van der Waals surface area contributed by atoms with Gasteiger partial charge in [-0.05, 0) is 18.6 Å². The van der Waals surface area contributed by atoms with Crippen LogP contribution in [0.5, 0.6) is 5.75 Å². The number of aromatic amines is 1. The summed E-state index contributed by atoms with van der Waals surface area (Å²) in [5.41, 5.74) is 5.83. The lowest BCUT2D eigenvalue weighted by molar-refractivity contribution is -0.117. The Hall–Kier alpha value is -2.63. The van der Waals surface area contributed by atoms with Gasteiger partial charge in [0.2, 0.25) is 5.91 Å². The van der Waals surface area contributed by atoms with Crippen molar-refractivity contribution < 1.29 is 9.53 Å². The van der Waals surface area contributed by atoms with Crippen molar-refractivity contribution in [1.29, 1.82) is 0 Å². The van der Waals surface area contributed by atoms with Gasteiger partial charge in [-0.15, -0.1) is 0 Å². The molecule has 3 N–H and O–H groups in total. The second kappa shape index (κ2) is 6.69. The Bertz CT molecular complexity index is 695. The van der Waals surface area contributed by atoms with Crippen molar-refractivity contribution >= 4 is 5.91 Å². The molecule has 0 spiro atoms. The van der Waals surface area contributed by atoms with Gasteiger partial charge in [0.1, 0.15) is 11.6 Å². The van der Waals surface area contributed by atoms with Crippen LogP contribution in [0.4, 0.5) is 0 Å². The second-order valence-electron chi connectivity index (χ2n) is 4.57. The fourth-order valence-corrected chi connectivity index (χ4v) is 1.90. The minimum Gasteiger partial charge on any atom is -0.493 e. The van der Waals surface area contributed by atoms with Gasteiger partial charge in [-0.1, -0.05) is 19.1 Å². The maximum absolute atomic E-state index is 11.7. The van der Waals surface area contributed by atoms with E-state index in [2.05, 4.69) is 9.97 Å². The van der Waals surface area contributed by atoms with Gasteiger partial charge in [0.15, 0.2) is 0 Å². The molecule has 1 aromatic heterocycles. The molecule has 110 valence electrons. The molecule has 21 heavy (non-hydrogen) atoms. The van der Waals surface area contributed by atoms with Crippen LogP contribution in [0.15, 0.2) is 35.1 Å². The van der Waals surface area contributed by atoms with Gasteiger partial charge in [0, 0.05) is 6.07 Å². The van der Waals surface area contributed by atoms with E-state index < -0.39 is 5.91 Å². The summed E-state index contributed by atoms with van der Waals surface area (Å²) in [6, 6.07) is 8.56. The van der Waals surface area contributed by atoms with Crippen LogP contribution in [-0.4, -0.2) is 22.5 Å². The maximum Gasteiger partial charge on any atom is 0.251 e. The predicted molar refractivity (Wildman–Crippen MR) is 79.0 cm³/mol. The Labute approximate surface area is 122 Å². The van der Waals surface area contributed by atoms with Crippen molar-refractivity contribution in [2.75, 3.05) is 6.61 Å². The third-order valence-electron chi connectivity index (χ3n) is 2.75. The molecule has 0 fully saturated rings. The van der Waals surface area contributed by atoms with E-state index >= 15 is 0 Å². The van der Waals surface area contributed by atoms with Crippen LogP contribution in [0.2, 0.25) is 0 Å². The van der Waals surface area contributed by atoms with E-state index in [0.717, 1.165) is 6.42 Å². The highest BCUT2D eigenvalue weighted by Gasteiger charge is 2.10. The van der Waals surface area contributed by atoms with Crippen molar-refractivity contribution in [3.05, 3.63) is 46.4 Å². The summed E-state index contributed by atoms with van der Waals surface area (Å²) in [7, 11) is 0. The van der Waals surface area contributed by atoms with E-state index in [9.17, 15) is 9.59 Å². The molecule has 1 heterocycles. The zero-order chi connectivity index (χ0) is 15.2. The lowest BCUT2D eigenvalue weighted by Gasteiger charge is -2.10. The monoisotopic (exact) mass is 287 g/mol. The molecule has 0 aliphatic carbocycles. The van der Waals surface area contributed by atoms with Gasteiger partial charge in [0.05, 0.1) is 24.3 Å². The average molecular weight is 287 g/mol.